The zero-order chi connectivity index (χ0) is 34.4. The van der Waals surface area contributed by atoms with Crippen LogP contribution in [0.25, 0.3) is 0 Å². The molecule has 1 heterocycles. The number of halogens is 2. The molecule has 0 aromatic heterocycles. The molecule has 4 rings (SSSR count). The van der Waals surface area contributed by atoms with Gasteiger partial charge in [0, 0.05) is 5.75 Å². The Morgan fingerprint density at radius 1 is 0.936 bits per heavy atom. The number of aliphatic carboxylic acids is 1. The number of rotatable bonds is 14. The molecule has 250 valence electrons. The highest BCUT2D eigenvalue weighted by molar-refractivity contribution is 8.00. The predicted molar refractivity (Wildman–Crippen MR) is 172 cm³/mol. The van der Waals surface area contributed by atoms with Crippen molar-refractivity contribution in [3.8, 4) is 5.75 Å². The van der Waals surface area contributed by atoms with Gasteiger partial charge in [-0.1, -0.05) is 57.2 Å². The van der Waals surface area contributed by atoms with Gasteiger partial charge in [-0.05, 0) is 64.9 Å². The number of ether oxygens (including phenoxy) is 1. The Kier molecular flexibility index (Phi) is 11.2. The lowest BCUT2D eigenvalue weighted by Gasteiger charge is -2.50. The van der Waals surface area contributed by atoms with E-state index in [4.69, 9.17) is 4.74 Å². The van der Waals surface area contributed by atoms with Crippen LogP contribution in [0.4, 0.5) is 8.78 Å². The average molecular weight is 670 g/mol. The molecule has 1 saturated heterocycles. The number of amides is 3. The lowest BCUT2D eigenvalue weighted by molar-refractivity contribution is -0.142. The molecule has 1 aliphatic rings. The van der Waals surface area contributed by atoms with Crippen molar-refractivity contribution in [3.05, 3.63) is 101 Å². The van der Waals surface area contributed by atoms with Gasteiger partial charge in [0.2, 0.25) is 11.8 Å². The van der Waals surface area contributed by atoms with Gasteiger partial charge in [0.25, 0.3) is 5.91 Å². The summed E-state index contributed by atoms with van der Waals surface area (Å²) in [6.07, 6.45) is -0.750. The van der Waals surface area contributed by atoms with E-state index in [2.05, 4.69) is 16.0 Å². The minimum Gasteiger partial charge on any atom is -0.484 e. The van der Waals surface area contributed by atoms with E-state index in [0.717, 1.165) is 0 Å². The molecule has 1 fully saturated rings. The number of carbonyl (C=O) groups excluding carboxylic acids is 3. The van der Waals surface area contributed by atoms with Crippen LogP contribution in [-0.2, 0) is 24.7 Å². The van der Waals surface area contributed by atoms with Crippen LogP contribution in [0.1, 0.15) is 50.0 Å². The average Bonchev–Trinajstić information content (AvgIpc) is 3.01. The first-order valence-electron chi connectivity index (χ1n) is 14.8. The molecule has 3 amide bonds. The van der Waals surface area contributed by atoms with Crippen LogP contribution in [0.2, 0.25) is 0 Å². The SMILES string of the molecule is CC(C)(C)C[C@@H](NC(=O)CNC(=O)COc1ccc([C@]2(c3ccc(F)cc3)NC(=O)[C@@H]2SCC(O)c2ccc(F)cc2)cc1)C(=O)O. The number of carboxylic acid groups (broad SMARTS) is 1. The lowest BCUT2D eigenvalue weighted by atomic mass is 9.74. The summed E-state index contributed by atoms with van der Waals surface area (Å²) in [5, 5.41) is 27.2. The highest BCUT2D eigenvalue weighted by Gasteiger charge is 2.56. The van der Waals surface area contributed by atoms with Gasteiger partial charge in [-0.2, -0.15) is 0 Å². The summed E-state index contributed by atoms with van der Waals surface area (Å²) in [6.45, 7) is 4.71. The minimum absolute atomic E-state index is 0.133. The molecule has 0 spiro atoms. The van der Waals surface area contributed by atoms with Crippen LogP contribution < -0.4 is 20.7 Å². The first-order valence-corrected chi connectivity index (χ1v) is 15.9. The fraction of sp³-hybridized carbons (Fsp3) is 0.353. The number of thioether (sulfide) groups is 1. The highest BCUT2D eigenvalue weighted by atomic mass is 32.2. The molecule has 1 unspecified atom stereocenters. The third kappa shape index (κ3) is 9.07. The first-order chi connectivity index (χ1) is 22.2. The van der Waals surface area contributed by atoms with Crippen LogP contribution in [0.15, 0.2) is 72.8 Å². The summed E-state index contributed by atoms with van der Waals surface area (Å²) in [7, 11) is 0. The highest BCUT2D eigenvalue weighted by Crippen LogP contribution is 2.46. The van der Waals surface area contributed by atoms with Crippen molar-refractivity contribution in [1.29, 1.82) is 0 Å². The summed E-state index contributed by atoms with van der Waals surface area (Å²) < 4.78 is 32.8. The van der Waals surface area contributed by atoms with E-state index in [1.165, 1.54) is 48.2 Å². The zero-order valence-electron chi connectivity index (χ0n) is 26.1. The second-order valence-corrected chi connectivity index (χ2v) is 13.5. The molecule has 3 aromatic rings. The van der Waals surface area contributed by atoms with Crippen molar-refractivity contribution >= 4 is 35.5 Å². The van der Waals surface area contributed by atoms with E-state index in [9.17, 15) is 38.2 Å². The van der Waals surface area contributed by atoms with Crippen LogP contribution in [-0.4, -0.2) is 64.1 Å². The van der Waals surface area contributed by atoms with Crippen molar-refractivity contribution in [3.63, 3.8) is 0 Å². The molecule has 3 aromatic carbocycles. The molecule has 10 nitrogen and oxygen atoms in total. The fourth-order valence-corrected chi connectivity index (χ4v) is 6.55. The van der Waals surface area contributed by atoms with Gasteiger partial charge in [0.05, 0.1) is 12.6 Å². The van der Waals surface area contributed by atoms with Gasteiger partial charge in [-0.25, -0.2) is 13.6 Å². The Morgan fingerprint density at radius 3 is 2.02 bits per heavy atom. The number of carboxylic acids is 1. The van der Waals surface area contributed by atoms with Gasteiger partial charge in [0.15, 0.2) is 6.61 Å². The molecule has 0 radical (unpaired) electrons. The molecule has 5 N–H and O–H groups in total. The number of nitrogens with one attached hydrogen (secondary N) is 3. The van der Waals surface area contributed by atoms with Gasteiger partial charge >= 0.3 is 5.97 Å². The fourth-order valence-electron chi connectivity index (χ4n) is 5.19. The number of aliphatic hydroxyl groups is 1. The number of benzene rings is 3. The van der Waals surface area contributed by atoms with Gasteiger partial charge in [-0.15, -0.1) is 11.8 Å². The van der Waals surface area contributed by atoms with Crippen LogP contribution in [0.5, 0.6) is 5.75 Å². The standard InChI is InChI=1S/C34H37F2N3O7S/c1-33(2,3)16-26(32(44)45)38-28(41)17-37-29(42)18-46-25-14-8-22(9-15-25)34(21-6-12-24(36)13-7-21)30(31(43)39-34)47-19-27(40)20-4-10-23(35)11-5-20/h4-15,26-27,30,40H,16-19H2,1-3H3,(H,37,42)(H,38,41)(H,39,43)(H,44,45)/t26-,27?,30+,34+/m1/s1. The van der Waals surface area contributed by atoms with Crippen LogP contribution in [0.3, 0.4) is 0 Å². The van der Waals surface area contributed by atoms with E-state index in [-0.39, 0.29) is 23.5 Å². The third-order valence-electron chi connectivity index (χ3n) is 7.50. The Morgan fingerprint density at radius 2 is 1.49 bits per heavy atom. The van der Waals surface area contributed by atoms with Gasteiger partial charge < -0.3 is 30.9 Å². The Hall–Kier alpha value is -4.49. The van der Waals surface area contributed by atoms with Crippen molar-refractivity contribution in [2.24, 2.45) is 5.41 Å². The lowest BCUT2D eigenvalue weighted by Crippen LogP contribution is -2.69. The summed E-state index contributed by atoms with van der Waals surface area (Å²) in [6, 6.07) is 16.7. The van der Waals surface area contributed by atoms with Gasteiger partial charge in [-0.3, -0.25) is 14.4 Å². The first kappa shape index (κ1) is 35.4. The van der Waals surface area contributed by atoms with Crippen molar-refractivity contribution < 1.29 is 42.9 Å². The molecule has 1 aliphatic heterocycles. The quantitative estimate of drug-likeness (QED) is 0.163. The van der Waals surface area contributed by atoms with Crippen LogP contribution in [0, 0.1) is 17.0 Å². The predicted octanol–water partition coefficient (Wildman–Crippen LogP) is 3.67. The van der Waals surface area contributed by atoms with E-state index < -0.39 is 65.5 Å². The van der Waals surface area contributed by atoms with Crippen molar-refractivity contribution in [2.75, 3.05) is 18.9 Å². The maximum Gasteiger partial charge on any atom is 0.326 e. The molecular formula is C34H37F2N3O7S. The molecule has 0 bridgehead atoms. The van der Waals surface area contributed by atoms with E-state index >= 15 is 0 Å². The number of aliphatic hydroxyl groups excluding tert-OH is 1. The second-order valence-electron chi connectivity index (χ2n) is 12.4. The van der Waals surface area contributed by atoms with E-state index in [1.807, 2.05) is 20.8 Å². The maximum absolute atomic E-state index is 13.8. The summed E-state index contributed by atoms with van der Waals surface area (Å²) in [5.41, 5.74) is 0.365. The third-order valence-corrected chi connectivity index (χ3v) is 8.91. The Bertz CT molecular complexity index is 1580. The van der Waals surface area contributed by atoms with Crippen molar-refractivity contribution in [1.82, 2.24) is 16.0 Å². The maximum atomic E-state index is 13.8. The second kappa shape index (κ2) is 14.9. The zero-order valence-corrected chi connectivity index (χ0v) is 26.9. The number of hydrogen-bond donors (Lipinski definition) is 5. The molecular weight excluding hydrogens is 632 g/mol. The monoisotopic (exact) mass is 669 g/mol. The molecule has 0 aliphatic carbocycles. The summed E-state index contributed by atoms with van der Waals surface area (Å²) in [4.78, 5) is 49.0. The van der Waals surface area contributed by atoms with Crippen LogP contribution >= 0.6 is 11.8 Å². The molecule has 47 heavy (non-hydrogen) atoms. The number of carbonyl (C=O) groups is 4. The normalized spacial score (nSPS) is 18.7. The summed E-state index contributed by atoms with van der Waals surface area (Å²) in [5.74, 6) is -3.12. The topological polar surface area (TPSA) is 154 Å². The number of hydrogen-bond acceptors (Lipinski definition) is 7. The molecule has 13 heteroatoms. The van der Waals surface area contributed by atoms with Gasteiger partial charge in [0.1, 0.15) is 34.2 Å². The van der Waals surface area contributed by atoms with Crippen molar-refractivity contribution in [2.45, 2.75) is 50.1 Å². The van der Waals surface area contributed by atoms with E-state index in [0.29, 0.717) is 22.4 Å². The molecule has 4 atom stereocenters. The largest absolute Gasteiger partial charge is 0.484 e. The van der Waals surface area contributed by atoms with E-state index in [1.54, 1.807) is 36.4 Å². The Labute approximate surface area is 275 Å². The number of β-lactam (4-membered cyclic amide) rings is 1. The smallest absolute Gasteiger partial charge is 0.326 e. The summed E-state index contributed by atoms with van der Waals surface area (Å²) >= 11 is 1.21. The molecule has 0 saturated carbocycles. The minimum atomic E-state index is -1.17. The Balaban J connectivity index is 1.40.